The molecule has 4 nitrogen and oxygen atoms in total. The van der Waals surface area contributed by atoms with Gasteiger partial charge in [-0.25, -0.2) is 4.39 Å². The molecule has 2 saturated heterocycles. The third kappa shape index (κ3) is 3.39. The molecule has 0 aliphatic carbocycles. The van der Waals surface area contributed by atoms with Crippen molar-refractivity contribution in [3.05, 3.63) is 35.1 Å². The summed E-state index contributed by atoms with van der Waals surface area (Å²) in [6, 6.07) is 2.76. The first-order valence-corrected chi connectivity index (χ1v) is 7.76. The van der Waals surface area contributed by atoms with Crippen LogP contribution in [0.4, 0.5) is 17.6 Å². The summed E-state index contributed by atoms with van der Waals surface area (Å²) < 4.78 is 63.4. The van der Waals surface area contributed by atoms with Gasteiger partial charge < -0.3 is 14.4 Å². The Bertz CT molecular complexity index is 614. The molecule has 0 saturated carbocycles. The molecule has 2 heterocycles. The first kappa shape index (κ1) is 17.2. The van der Waals surface area contributed by atoms with Gasteiger partial charge in [0, 0.05) is 19.0 Å². The number of piperidine rings is 1. The van der Waals surface area contributed by atoms with E-state index in [9.17, 15) is 22.4 Å². The number of rotatable bonds is 2. The molecule has 24 heavy (non-hydrogen) atoms. The van der Waals surface area contributed by atoms with E-state index >= 15 is 0 Å². The van der Waals surface area contributed by atoms with Gasteiger partial charge in [0.1, 0.15) is 5.82 Å². The molecule has 1 amide bonds. The maximum Gasteiger partial charge on any atom is 0.419 e. The lowest BCUT2D eigenvalue weighted by atomic mass is 9.96. The van der Waals surface area contributed by atoms with Crippen molar-refractivity contribution in [2.75, 3.05) is 26.3 Å². The van der Waals surface area contributed by atoms with Gasteiger partial charge >= 0.3 is 6.18 Å². The van der Waals surface area contributed by atoms with Crippen LogP contribution in [0.25, 0.3) is 0 Å². The molecule has 1 atom stereocenters. The van der Waals surface area contributed by atoms with Gasteiger partial charge in [-0.1, -0.05) is 6.07 Å². The highest BCUT2D eigenvalue weighted by molar-refractivity contribution is 5.94. The predicted molar refractivity (Wildman–Crippen MR) is 75.7 cm³/mol. The number of alkyl halides is 3. The zero-order valence-electron chi connectivity index (χ0n) is 12.8. The maximum absolute atomic E-state index is 14.2. The smallest absolute Gasteiger partial charge is 0.350 e. The van der Waals surface area contributed by atoms with Gasteiger partial charge in [0.2, 0.25) is 0 Å². The highest BCUT2D eigenvalue weighted by atomic mass is 19.4. The third-order valence-corrected chi connectivity index (χ3v) is 4.31. The van der Waals surface area contributed by atoms with Crippen molar-refractivity contribution in [1.82, 2.24) is 4.90 Å². The van der Waals surface area contributed by atoms with Gasteiger partial charge in [0.05, 0.1) is 24.3 Å². The van der Waals surface area contributed by atoms with Crippen LogP contribution in [0.15, 0.2) is 18.2 Å². The van der Waals surface area contributed by atoms with E-state index < -0.39 is 35.3 Å². The van der Waals surface area contributed by atoms with Crippen LogP contribution in [0, 0.1) is 11.7 Å². The number of hydrogen-bond donors (Lipinski definition) is 0. The third-order valence-electron chi connectivity index (χ3n) is 4.31. The van der Waals surface area contributed by atoms with E-state index in [1.807, 2.05) is 0 Å². The zero-order valence-corrected chi connectivity index (χ0v) is 12.8. The molecule has 0 N–H and O–H groups in total. The Hall–Kier alpha value is -1.67. The number of carbonyl (C=O) groups excluding carboxylic acids is 1. The lowest BCUT2D eigenvalue weighted by Gasteiger charge is -2.34. The molecule has 0 radical (unpaired) electrons. The number of amides is 1. The van der Waals surface area contributed by atoms with Crippen LogP contribution in [0.2, 0.25) is 0 Å². The molecule has 1 aromatic rings. The average molecular weight is 347 g/mol. The first-order chi connectivity index (χ1) is 11.4. The lowest BCUT2D eigenvalue weighted by molar-refractivity contribution is -0.140. The highest BCUT2D eigenvalue weighted by Gasteiger charge is 2.38. The van der Waals surface area contributed by atoms with E-state index in [0.29, 0.717) is 32.2 Å². The molecule has 0 bridgehead atoms. The van der Waals surface area contributed by atoms with Crippen LogP contribution in [0.3, 0.4) is 0 Å². The number of halogens is 4. The molecule has 0 unspecified atom stereocenters. The summed E-state index contributed by atoms with van der Waals surface area (Å²) in [4.78, 5) is 13.9. The zero-order chi connectivity index (χ0) is 17.3. The van der Waals surface area contributed by atoms with E-state index in [1.54, 1.807) is 0 Å². The van der Waals surface area contributed by atoms with E-state index in [2.05, 4.69) is 0 Å². The molecule has 132 valence electrons. The largest absolute Gasteiger partial charge is 0.419 e. The quantitative estimate of drug-likeness (QED) is 0.772. The van der Waals surface area contributed by atoms with Gasteiger partial charge in [0.15, 0.2) is 6.29 Å². The fourth-order valence-electron chi connectivity index (χ4n) is 3.15. The second-order valence-corrected chi connectivity index (χ2v) is 5.93. The predicted octanol–water partition coefficient (Wildman–Crippen LogP) is 3.07. The van der Waals surface area contributed by atoms with Crippen LogP contribution >= 0.6 is 0 Å². The first-order valence-electron chi connectivity index (χ1n) is 7.76. The summed E-state index contributed by atoms with van der Waals surface area (Å²) in [5, 5.41) is 0. The Morgan fingerprint density at radius 2 is 1.92 bits per heavy atom. The number of ether oxygens (including phenoxy) is 2. The van der Waals surface area contributed by atoms with Gasteiger partial charge in [-0.05, 0) is 25.0 Å². The van der Waals surface area contributed by atoms with Crippen molar-refractivity contribution in [3.63, 3.8) is 0 Å². The summed E-state index contributed by atoms with van der Waals surface area (Å²) >= 11 is 0. The average Bonchev–Trinajstić information content (AvgIpc) is 3.08. The molecule has 2 fully saturated rings. The number of benzene rings is 1. The molecule has 3 rings (SSSR count). The summed E-state index contributed by atoms with van der Waals surface area (Å²) in [6.07, 6.45) is -3.79. The van der Waals surface area contributed by atoms with Crippen molar-refractivity contribution >= 4 is 5.91 Å². The molecule has 2 aliphatic heterocycles. The Morgan fingerprint density at radius 3 is 2.58 bits per heavy atom. The van der Waals surface area contributed by atoms with Crippen LogP contribution in [0.1, 0.15) is 28.8 Å². The Labute approximate surface area is 136 Å². The summed E-state index contributed by atoms with van der Waals surface area (Å²) in [5.74, 6) is -2.31. The van der Waals surface area contributed by atoms with Crippen LogP contribution < -0.4 is 0 Å². The summed E-state index contributed by atoms with van der Waals surface area (Å²) in [6.45, 7) is 1.62. The molecule has 0 spiro atoms. The van der Waals surface area contributed by atoms with Crippen LogP contribution in [0.5, 0.6) is 0 Å². The Kier molecular flexibility index (Phi) is 4.78. The molecule has 0 aromatic heterocycles. The SMILES string of the molecule is O=C(c1cccc(C(F)(F)F)c1F)N1CCC[C@H](C2OCCO2)C1. The van der Waals surface area contributed by atoms with Crippen molar-refractivity contribution in [2.45, 2.75) is 25.3 Å². The second kappa shape index (κ2) is 6.68. The number of hydrogen-bond acceptors (Lipinski definition) is 3. The van der Waals surface area contributed by atoms with Gasteiger partial charge in [-0.3, -0.25) is 4.79 Å². The molecular formula is C16H17F4NO3. The molecule has 2 aliphatic rings. The molecule has 8 heteroatoms. The standard InChI is InChI=1S/C16H17F4NO3/c17-13-11(4-1-5-12(13)16(18,19)20)14(22)21-6-2-3-10(9-21)15-23-7-8-24-15/h1,4-5,10,15H,2-3,6-9H2/t10-/m0/s1. The van der Waals surface area contributed by atoms with Crippen molar-refractivity contribution in [1.29, 1.82) is 0 Å². The van der Waals surface area contributed by atoms with E-state index in [0.717, 1.165) is 18.6 Å². The minimum Gasteiger partial charge on any atom is -0.350 e. The number of nitrogens with zero attached hydrogens (tertiary/aromatic N) is 1. The normalized spacial score (nSPS) is 22.8. The highest BCUT2D eigenvalue weighted by Crippen LogP contribution is 2.33. The van der Waals surface area contributed by atoms with Crippen molar-refractivity contribution in [2.24, 2.45) is 5.92 Å². The topological polar surface area (TPSA) is 38.8 Å². The van der Waals surface area contributed by atoms with E-state index in [1.165, 1.54) is 4.90 Å². The minimum absolute atomic E-state index is 0.0564. The fraction of sp³-hybridized carbons (Fsp3) is 0.562. The number of likely N-dealkylation sites (tertiary alicyclic amines) is 1. The fourth-order valence-corrected chi connectivity index (χ4v) is 3.15. The van der Waals surface area contributed by atoms with Gasteiger partial charge in [0.25, 0.3) is 5.91 Å². The summed E-state index contributed by atoms with van der Waals surface area (Å²) in [7, 11) is 0. The van der Waals surface area contributed by atoms with Crippen LogP contribution in [-0.4, -0.2) is 43.4 Å². The van der Waals surface area contributed by atoms with Gasteiger partial charge in [-0.2, -0.15) is 13.2 Å². The monoisotopic (exact) mass is 347 g/mol. The molecular weight excluding hydrogens is 330 g/mol. The van der Waals surface area contributed by atoms with Crippen molar-refractivity contribution in [3.8, 4) is 0 Å². The summed E-state index contributed by atoms with van der Waals surface area (Å²) in [5.41, 5.74) is -1.98. The number of carbonyl (C=O) groups is 1. The van der Waals surface area contributed by atoms with Crippen LogP contribution in [-0.2, 0) is 15.7 Å². The van der Waals surface area contributed by atoms with Gasteiger partial charge in [-0.15, -0.1) is 0 Å². The Morgan fingerprint density at radius 1 is 1.21 bits per heavy atom. The molecule has 1 aromatic carbocycles. The van der Waals surface area contributed by atoms with Crippen molar-refractivity contribution < 1.29 is 31.8 Å². The Balaban J connectivity index is 1.78. The van der Waals surface area contributed by atoms with E-state index in [-0.39, 0.29) is 12.5 Å². The minimum atomic E-state index is -4.84. The maximum atomic E-state index is 14.2. The lowest BCUT2D eigenvalue weighted by Crippen LogP contribution is -2.44. The van der Waals surface area contributed by atoms with E-state index in [4.69, 9.17) is 9.47 Å². The second-order valence-electron chi connectivity index (χ2n) is 5.93.